The van der Waals surface area contributed by atoms with E-state index in [1.807, 2.05) is 32.0 Å². The van der Waals surface area contributed by atoms with Crippen LogP contribution in [0.3, 0.4) is 0 Å². The van der Waals surface area contributed by atoms with Crippen molar-refractivity contribution in [1.82, 2.24) is 0 Å². The molecule has 20 heavy (non-hydrogen) atoms. The first-order chi connectivity index (χ1) is 9.67. The molecule has 0 heterocycles. The maximum absolute atomic E-state index is 11.8. The first kappa shape index (κ1) is 16.2. The third-order valence-corrected chi connectivity index (χ3v) is 2.49. The first-order valence-electron chi connectivity index (χ1n) is 6.75. The lowest BCUT2D eigenvalue weighted by Crippen LogP contribution is -2.19. The fourth-order valence-electron chi connectivity index (χ4n) is 1.58. The largest absolute Gasteiger partial charge is 0.395 e. The summed E-state index contributed by atoms with van der Waals surface area (Å²) >= 11 is 0. The van der Waals surface area contributed by atoms with Crippen molar-refractivity contribution in [3.8, 4) is 11.8 Å². The molecule has 0 aliphatic rings. The van der Waals surface area contributed by atoms with Crippen LogP contribution >= 0.6 is 0 Å². The van der Waals surface area contributed by atoms with E-state index in [4.69, 9.17) is 9.84 Å². The van der Waals surface area contributed by atoms with E-state index in [9.17, 15) is 4.79 Å². The van der Waals surface area contributed by atoms with Crippen molar-refractivity contribution < 1.29 is 14.6 Å². The second-order valence-corrected chi connectivity index (χ2v) is 4.43. The number of aryl methyl sites for hydroxylation is 1. The summed E-state index contributed by atoms with van der Waals surface area (Å²) in [6, 6.07) is 5.68. The predicted molar refractivity (Wildman–Crippen MR) is 79.5 cm³/mol. The molecule has 0 unspecified atom stereocenters. The Hall–Kier alpha value is -1.83. The molecule has 1 rings (SSSR count). The number of benzene rings is 1. The van der Waals surface area contributed by atoms with E-state index in [2.05, 4.69) is 17.2 Å². The normalized spacial score (nSPS) is 9.75. The fourth-order valence-corrected chi connectivity index (χ4v) is 1.58. The Bertz CT molecular complexity index is 500. The topological polar surface area (TPSA) is 58.6 Å². The van der Waals surface area contributed by atoms with Crippen LogP contribution in [0.25, 0.3) is 0 Å². The summed E-state index contributed by atoms with van der Waals surface area (Å²) in [5.74, 6) is 5.62. The number of aliphatic hydroxyl groups excluding tert-OH is 1. The number of nitrogens with one attached hydrogen (secondary N) is 1. The monoisotopic (exact) mass is 275 g/mol. The van der Waals surface area contributed by atoms with E-state index < -0.39 is 0 Å². The van der Waals surface area contributed by atoms with Gasteiger partial charge in [-0.05, 0) is 31.0 Å². The van der Waals surface area contributed by atoms with Crippen LogP contribution in [0.1, 0.15) is 30.9 Å². The Balaban J connectivity index is 2.74. The van der Waals surface area contributed by atoms with E-state index in [0.717, 1.165) is 17.5 Å². The number of carbonyl (C=O) groups is 1. The number of carbonyl (C=O) groups excluding carboxylic acids is 1. The molecule has 0 saturated heterocycles. The van der Waals surface area contributed by atoms with Gasteiger partial charge in [-0.25, -0.2) is 0 Å². The van der Waals surface area contributed by atoms with Crippen molar-refractivity contribution >= 4 is 11.6 Å². The molecular formula is C16H21NO3. The molecule has 0 bridgehead atoms. The molecule has 0 aromatic heterocycles. The van der Waals surface area contributed by atoms with Crippen LogP contribution in [0.15, 0.2) is 18.2 Å². The van der Waals surface area contributed by atoms with Gasteiger partial charge in [-0.2, -0.15) is 0 Å². The molecule has 1 aromatic carbocycles. The highest BCUT2D eigenvalue weighted by Crippen LogP contribution is 2.16. The van der Waals surface area contributed by atoms with E-state index in [-0.39, 0.29) is 19.1 Å². The van der Waals surface area contributed by atoms with Gasteiger partial charge in [0.2, 0.25) is 5.91 Å². The predicted octanol–water partition coefficient (Wildman–Crippen LogP) is 2.09. The molecule has 4 heteroatoms. The van der Waals surface area contributed by atoms with Crippen molar-refractivity contribution in [2.75, 3.05) is 25.1 Å². The number of anilines is 1. The Kier molecular flexibility index (Phi) is 7.41. The molecule has 0 saturated carbocycles. The van der Waals surface area contributed by atoms with Crippen LogP contribution < -0.4 is 5.32 Å². The van der Waals surface area contributed by atoms with Gasteiger partial charge in [-0.15, -0.1) is 0 Å². The second-order valence-electron chi connectivity index (χ2n) is 4.43. The van der Waals surface area contributed by atoms with Gasteiger partial charge < -0.3 is 15.2 Å². The van der Waals surface area contributed by atoms with Crippen molar-refractivity contribution in [3.63, 3.8) is 0 Å². The summed E-state index contributed by atoms with van der Waals surface area (Å²) in [6.45, 7) is 4.60. The van der Waals surface area contributed by atoms with Gasteiger partial charge in [-0.1, -0.05) is 24.8 Å². The summed E-state index contributed by atoms with van der Waals surface area (Å²) in [5, 5.41) is 11.5. The molecule has 0 fully saturated rings. The highest BCUT2D eigenvalue weighted by atomic mass is 16.5. The average Bonchev–Trinajstić information content (AvgIpc) is 2.42. The van der Waals surface area contributed by atoms with Gasteiger partial charge in [0.1, 0.15) is 6.61 Å². The Morgan fingerprint density at radius 2 is 2.25 bits per heavy atom. The lowest BCUT2D eigenvalue weighted by molar-refractivity contribution is -0.120. The molecule has 1 aromatic rings. The minimum Gasteiger partial charge on any atom is -0.395 e. The van der Waals surface area contributed by atoms with E-state index in [0.29, 0.717) is 18.7 Å². The second kappa shape index (κ2) is 9.13. The van der Waals surface area contributed by atoms with Crippen molar-refractivity contribution in [3.05, 3.63) is 29.3 Å². The number of hydrogen-bond acceptors (Lipinski definition) is 3. The average molecular weight is 275 g/mol. The minimum atomic E-state index is -0.186. The number of rotatable bonds is 6. The molecule has 108 valence electrons. The van der Waals surface area contributed by atoms with E-state index in [1.54, 1.807) is 0 Å². The van der Waals surface area contributed by atoms with Crippen molar-refractivity contribution in [1.29, 1.82) is 0 Å². The molecule has 1 amide bonds. The third-order valence-electron chi connectivity index (χ3n) is 2.49. The molecule has 0 radical (unpaired) electrons. The lowest BCUT2D eigenvalue weighted by Gasteiger charge is -2.09. The van der Waals surface area contributed by atoms with Crippen LogP contribution in [0, 0.1) is 18.8 Å². The van der Waals surface area contributed by atoms with Crippen molar-refractivity contribution in [2.45, 2.75) is 26.7 Å². The highest BCUT2D eigenvalue weighted by molar-refractivity contribution is 5.93. The van der Waals surface area contributed by atoms with Gasteiger partial charge >= 0.3 is 0 Å². The fraction of sp³-hybridized carbons (Fsp3) is 0.438. The van der Waals surface area contributed by atoms with Crippen LogP contribution in [-0.4, -0.2) is 30.8 Å². The Morgan fingerprint density at radius 1 is 1.45 bits per heavy atom. The Morgan fingerprint density at radius 3 is 2.95 bits per heavy atom. The summed E-state index contributed by atoms with van der Waals surface area (Å²) < 4.78 is 5.20. The molecule has 2 N–H and O–H groups in total. The Labute approximate surface area is 120 Å². The zero-order valence-corrected chi connectivity index (χ0v) is 12.0. The number of amides is 1. The maximum Gasteiger partial charge on any atom is 0.250 e. The number of ether oxygens (including phenoxy) is 1. The lowest BCUT2D eigenvalue weighted by atomic mass is 10.1. The summed E-state index contributed by atoms with van der Waals surface area (Å²) in [4.78, 5) is 11.8. The first-order valence-corrected chi connectivity index (χ1v) is 6.75. The minimum absolute atomic E-state index is 0.0331. The van der Waals surface area contributed by atoms with Gasteiger partial charge in [0.25, 0.3) is 0 Å². The SMILES string of the molecule is CCCOCC(=O)Nc1cc(C)ccc1C#CCCO. The van der Waals surface area contributed by atoms with E-state index in [1.165, 1.54) is 0 Å². The maximum atomic E-state index is 11.8. The molecule has 4 nitrogen and oxygen atoms in total. The van der Waals surface area contributed by atoms with Crippen molar-refractivity contribution in [2.24, 2.45) is 0 Å². The smallest absolute Gasteiger partial charge is 0.250 e. The molecule has 0 atom stereocenters. The van der Waals surface area contributed by atoms with Crippen LogP contribution in [0.5, 0.6) is 0 Å². The number of aliphatic hydroxyl groups is 1. The van der Waals surface area contributed by atoms with E-state index >= 15 is 0 Å². The quantitative estimate of drug-likeness (QED) is 0.617. The zero-order valence-electron chi connectivity index (χ0n) is 12.0. The standard InChI is InChI=1S/C16H21NO3/c1-3-10-20-12-16(19)17-15-11-13(2)7-8-14(15)6-4-5-9-18/h7-8,11,18H,3,5,9-10,12H2,1-2H3,(H,17,19). The van der Waals surface area contributed by atoms with Gasteiger partial charge in [0, 0.05) is 18.6 Å². The van der Waals surface area contributed by atoms with Crippen LogP contribution in [-0.2, 0) is 9.53 Å². The molecule has 0 aliphatic heterocycles. The van der Waals surface area contributed by atoms with Crippen LogP contribution in [0.4, 0.5) is 5.69 Å². The van der Waals surface area contributed by atoms with Gasteiger partial charge in [0.05, 0.1) is 12.3 Å². The van der Waals surface area contributed by atoms with Crippen LogP contribution in [0.2, 0.25) is 0 Å². The third kappa shape index (κ3) is 5.87. The molecule has 0 aliphatic carbocycles. The summed E-state index contributed by atoms with van der Waals surface area (Å²) in [6.07, 6.45) is 1.30. The van der Waals surface area contributed by atoms with Gasteiger partial charge in [0.15, 0.2) is 0 Å². The zero-order chi connectivity index (χ0) is 14.8. The summed E-state index contributed by atoms with van der Waals surface area (Å²) in [5.41, 5.74) is 2.47. The highest BCUT2D eigenvalue weighted by Gasteiger charge is 2.06. The molecular weight excluding hydrogens is 254 g/mol. The molecule has 0 spiro atoms. The summed E-state index contributed by atoms with van der Waals surface area (Å²) in [7, 11) is 0. The number of hydrogen-bond donors (Lipinski definition) is 2. The van der Waals surface area contributed by atoms with Gasteiger partial charge in [-0.3, -0.25) is 4.79 Å².